The van der Waals surface area contributed by atoms with Crippen LogP contribution in [0, 0.1) is 0 Å². The SMILES string of the molecule is Nc1cccc(O)c1-c1ccc(C=O)o1. The first-order valence-electron chi connectivity index (χ1n) is 4.35. The Hall–Kier alpha value is -2.23. The van der Waals surface area contributed by atoms with E-state index in [4.69, 9.17) is 10.2 Å². The minimum absolute atomic E-state index is 0.0294. The highest BCUT2D eigenvalue weighted by atomic mass is 16.3. The number of carbonyl (C=O) groups excluding carboxylic acids is 1. The summed E-state index contributed by atoms with van der Waals surface area (Å²) in [6.45, 7) is 0. The predicted octanol–water partition coefficient (Wildman–Crippen LogP) is 2.05. The standard InChI is InChI=1S/C11H9NO3/c12-8-2-1-3-9(14)11(8)10-5-4-7(6-13)15-10/h1-6,14H,12H2. The number of nitrogen functional groups attached to an aromatic ring is 1. The second-order valence-electron chi connectivity index (χ2n) is 3.06. The van der Waals surface area contributed by atoms with E-state index in [0.29, 0.717) is 23.3 Å². The first-order valence-corrected chi connectivity index (χ1v) is 4.35. The van der Waals surface area contributed by atoms with Crippen molar-refractivity contribution in [3.05, 3.63) is 36.1 Å². The van der Waals surface area contributed by atoms with Crippen LogP contribution in [0.3, 0.4) is 0 Å². The Labute approximate surface area is 85.9 Å². The summed E-state index contributed by atoms with van der Waals surface area (Å²) in [6.07, 6.45) is 0.597. The van der Waals surface area contributed by atoms with Gasteiger partial charge in [-0.2, -0.15) is 0 Å². The van der Waals surface area contributed by atoms with Gasteiger partial charge < -0.3 is 15.3 Å². The number of benzene rings is 1. The van der Waals surface area contributed by atoms with E-state index >= 15 is 0 Å². The Morgan fingerprint density at radius 1 is 1.27 bits per heavy atom. The summed E-state index contributed by atoms with van der Waals surface area (Å²) < 4.78 is 5.17. The lowest BCUT2D eigenvalue weighted by Crippen LogP contribution is -1.88. The fourth-order valence-electron chi connectivity index (χ4n) is 1.38. The number of phenolic OH excluding ortho intramolecular Hbond substituents is 1. The minimum Gasteiger partial charge on any atom is -0.507 e. The fourth-order valence-corrected chi connectivity index (χ4v) is 1.38. The van der Waals surface area contributed by atoms with Gasteiger partial charge in [-0.25, -0.2) is 0 Å². The average Bonchev–Trinajstić information content (AvgIpc) is 2.66. The number of carbonyl (C=O) groups is 1. The lowest BCUT2D eigenvalue weighted by molar-refractivity contribution is 0.110. The summed E-state index contributed by atoms with van der Waals surface area (Å²) in [6, 6.07) is 7.91. The molecule has 4 heteroatoms. The maximum absolute atomic E-state index is 10.4. The highest BCUT2D eigenvalue weighted by Crippen LogP contribution is 2.34. The lowest BCUT2D eigenvalue weighted by Gasteiger charge is -2.04. The molecular formula is C11H9NO3. The van der Waals surface area contributed by atoms with Crippen molar-refractivity contribution in [1.29, 1.82) is 0 Å². The maximum atomic E-state index is 10.4. The van der Waals surface area contributed by atoms with Gasteiger partial charge in [-0.05, 0) is 24.3 Å². The van der Waals surface area contributed by atoms with Crippen LogP contribution in [-0.2, 0) is 0 Å². The molecule has 0 bridgehead atoms. The first-order chi connectivity index (χ1) is 7.22. The van der Waals surface area contributed by atoms with Crippen molar-refractivity contribution >= 4 is 12.0 Å². The zero-order valence-electron chi connectivity index (χ0n) is 7.81. The zero-order chi connectivity index (χ0) is 10.8. The van der Waals surface area contributed by atoms with E-state index in [1.807, 2.05) is 0 Å². The van der Waals surface area contributed by atoms with E-state index in [0.717, 1.165) is 0 Å². The molecule has 0 saturated carbocycles. The Balaban J connectivity index is 2.58. The number of aldehydes is 1. The van der Waals surface area contributed by atoms with Gasteiger partial charge in [0, 0.05) is 5.69 Å². The molecule has 2 aromatic rings. The molecule has 0 unspecified atom stereocenters. The predicted molar refractivity (Wildman–Crippen MR) is 55.6 cm³/mol. The molecule has 2 rings (SSSR count). The lowest BCUT2D eigenvalue weighted by atomic mass is 10.1. The van der Waals surface area contributed by atoms with E-state index in [9.17, 15) is 9.90 Å². The molecule has 0 saturated heterocycles. The molecule has 15 heavy (non-hydrogen) atoms. The van der Waals surface area contributed by atoms with Crippen molar-refractivity contribution in [2.24, 2.45) is 0 Å². The quantitative estimate of drug-likeness (QED) is 0.578. The summed E-state index contributed by atoms with van der Waals surface area (Å²) in [5, 5.41) is 9.60. The molecular weight excluding hydrogens is 194 g/mol. The molecule has 76 valence electrons. The molecule has 0 amide bonds. The second kappa shape index (κ2) is 3.49. The molecule has 1 aromatic heterocycles. The molecule has 0 fully saturated rings. The molecule has 1 aromatic carbocycles. The topological polar surface area (TPSA) is 76.5 Å². The summed E-state index contributed by atoms with van der Waals surface area (Å²) in [5.41, 5.74) is 6.51. The zero-order valence-corrected chi connectivity index (χ0v) is 7.81. The van der Waals surface area contributed by atoms with Crippen molar-refractivity contribution in [2.45, 2.75) is 0 Å². The van der Waals surface area contributed by atoms with Crippen molar-refractivity contribution in [2.75, 3.05) is 5.73 Å². The van der Waals surface area contributed by atoms with Gasteiger partial charge in [0.2, 0.25) is 0 Å². The number of nitrogens with two attached hydrogens (primary N) is 1. The number of hydrogen-bond acceptors (Lipinski definition) is 4. The third-order valence-corrected chi connectivity index (χ3v) is 2.06. The van der Waals surface area contributed by atoms with Gasteiger partial charge in [0.05, 0.1) is 5.56 Å². The third-order valence-electron chi connectivity index (χ3n) is 2.06. The molecule has 0 aliphatic rings. The fraction of sp³-hybridized carbons (Fsp3) is 0. The highest BCUT2D eigenvalue weighted by molar-refractivity contribution is 5.80. The highest BCUT2D eigenvalue weighted by Gasteiger charge is 2.11. The van der Waals surface area contributed by atoms with E-state index < -0.39 is 0 Å². The van der Waals surface area contributed by atoms with Crippen molar-refractivity contribution in [3.63, 3.8) is 0 Å². The van der Waals surface area contributed by atoms with Crippen LogP contribution in [0.25, 0.3) is 11.3 Å². The van der Waals surface area contributed by atoms with E-state index in [1.54, 1.807) is 18.2 Å². The number of furan rings is 1. The normalized spacial score (nSPS) is 10.1. The van der Waals surface area contributed by atoms with Gasteiger partial charge in [-0.1, -0.05) is 6.07 Å². The molecule has 3 N–H and O–H groups in total. The van der Waals surface area contributed by atoms with E-state index in [-0.39, 0.29) is 11.5 Å². The summed E-state index contributed by atoms with van der Waals surface area (Å²) in [7, 11) is 0. The monoisotopic (exact) mass is 203 g/mol. The summed E-state index contributed by atoms with van der Waals surface area (Å²) in [4.78, 5) is 10.4. The molecule has 0 aliphatic heterocycles. The molecule has 4 nitrogen and oxygen atoms in total. The maximum Gasteiger partial charge on any atom is 0.185 e. The van der Waals surface area contributed by atoms with Crippen molar-refractivity contribution in [3.8, 4) is 17.1 Å². The second-order valence-corrected chi connectivity index (χ2v) is 3.06. The average molecular weight is 203 g/mol. The smallest absolute Gasteiger partial charge is 0.185 e. The first kappa shape index (κ1) is 9.33. The number of hydrogen-bond donors (Lipinski definition) is 2. The van der Waals surface area contributed by atoms with Crippen LogP contribution >= 0.6 is 0 Å². The van der Waals surface area contributed by atoms with Crippen molar-refractivity contribution in [1.82, 2.24) is 0 Å². The Bertz CT molecular complexity index is 482. The van der Waals surface area contributed by atoms with Crippen LogP contribution in [0.1, 0.15) is 10.6 Å². The largest absolute Gasteiger partial charge is 0.507 e. The van der Waals surface area contributed by atoms with Crippen LogP contribution in [0.15, 0.2) is 34.7 Å². The molecule has 1 heterocycles. The number of anilines is 1. The summed E-state index contributed by atoms with van der Waals surface area (Å²) in [5.74, 6) is 0.613. The van der Waals surface area contributed by atoms with Gasteiger partial charge in [-0.3, -0.25) is 4.79 Å². The molecule has 0 atom stereocenters. The van der Waals surface area contributed by atoms with Crippen LogP contribution in [0.5, 0.6) is 5.75 Å². The minimum atomic E-state index is 0.0294. The van der Waals surface area contributed by atoms with Gasteiger partial charge >= 0.3 is 0 Å². The van der Waals surface area contributed by atoms with Gasteiger partial charge in [-0.15, -0.1) is 0 Å². The number of rotatable bonds is 2. The molecule has 0 spiro atoms. The van der Waals surface area contributed by atoms with Crippen LogP contribution in [-0.4, -0.2) is 11.4 Å². The van der Waals surface area contributed by atoms with Crippen LogP contribution in [0.4, 0.5) is 5.69 Å². The Morgan fingerprint density at radius 3 is 2.67 bits per heavy atom. The van der Waals surface area contributed by atoms with Crippen molar-refractivity contribution < 1.29 is 14.3 Å². The van der Waals surface area contributed by atoms with Gasteiger partial charge in [0.15, 0.2) is 12.0 Å². The number of aromatic hydroxyl groups is 1. The van der Waals surface area contributed by atoms with Gasteiger partial charge in [0.1, 0.15) is 11.5 Å². The van der Waals surface area contributed by atoms with E-state index in [1.165, 1.54) is 12.1 Å². The summed E-state index contributed by atoms with van der Waals surface area (Å²) >= 11 is 0. The van der Waals surface area contributed by atoms with E-state index in [2.05, 4.69) is 0 Å². The van der Waals surface area contributed by atoms with Crippen LogP contribution in [0.2, 0.25) is 0 Å². The molecule has 0 radical (unpaired) electrons. The Kier molecular flexibility index (Phi) is 2.17. The molecule has 0 aliphatic carbocycles. The third kappa shape index (κ3) is 1.57. The van der Waals surface area contributed by atoms with Gasteiger partial charge in [0.25, 0.3) is 0 Å². The Morgan fingerprint density at radius 2 is 2.07 bits per heavy atom. The van der Waals surface area contributed by atoms with Crippen LogP contribution < -0.4 is 5.73 Å². The number of phenols is 1.